The quantitative estimate of drug-likeness (QED) is 0.101. The zero-order valence-corrected chi connectivity index (χ0v) is 58.1. The van der Waals surface area contributed by atoms with Crippen molar-refractivity contribution in [2.24, 2.45) is 0 Å². The van der Waals surface area contributed by atoms with E-state index in [2.05, 4.69) is 426 Å². The van der Waals surface area contributed by atoms with Crippen LogP contribution in [-0.4, -0.2) is 4.57 Å². The summed E-state index contributed by atoms with van der Waals surface area (Å²) in [6.45, 7) is 13.8. The maximum atomic E-state index is 2.59. The molecule has 0 unspecified atom stereocenters. The number of hydrogen-bond acceptors (Lipinski definition) is 2. The van der Waals surface area contributed by atoms with E-state index >= 15 is 0 Å². The summed E-state index contributed by atoms with van der Waals surface area (Å²) in [5.74, 6) is 0. The topological polar surface area (TPSA) is 11.4 Å². The monoisotopic (exact) mass is 1300 g/mol. The Labute approximate surface area is 594 Å². The highest BCUT2D eigenvalue weighted by molar-refractivity contribution is 6.11. The molecule has 0 fully saturated rings. The molecule has 3 nitrogen and oxygen atoms in total. The Kier molecular flexibility index (Phi) is 16.9. The molecule has 0 N–H and O–H groups in total. The molecule has 0 aliphatic rings. The second kappa shape index (κ2) is 26.8. The van der Waals surface area contributed by atoms with Crippen molar-refractivity contribution in [3.05, 3.63) is 381 Å². The molecule has 16 aromatic rings. The number of rotatable bonds is 15. The van der Waals surface area contributed by atoms with E-state index in [9.17, 15) is 0 Å². The molecular formula is C98H79N3. The van der Waals surface area contributed by atoms with Gasteiger partial charge in [-0.2, -0.15) is 0 Å². The lowest BCUT2D eigenvalue weighted by Crippen LogP contribution is -2.18. The number of fused-ring (bicyclic) bond motifs is 3. The van der Waals surface area contributed by atoms with E-state index in [0.29, 0.717) is 0 Å². The molecule has 0 spiro atoms. The summed E-state index contributed by atoms with van der Waals surface area (Å²) in [6, 6.07) is 137. The highest BCUT2D eigenvalue weighted by Crippen LogP contribution is 2.55. The Morgan fingerprint density at radius 1 is 0.208 bits per heavy atom. The minimum atomic E-state index is -0.119. The summed E-state index contributed by atoms with van der Waals surface area (Å²) in [6.07, 6.45) is 0. The van der Waals surface area contributed by atoms with Gasteiger partial charge >= 0.3 is 0 Å². The van der Waals surface area contributed by atoms with Crippen LogP contribution in [0.15, 0.2) is 370 Å². The van der Waals surface area contributed by atoms with Gasteiger partial charge in [-0.1, -0.05) is 357 Å². The molecule has 3 heteroatoms. The van der Waals surface area contributed by atoms with Crippen molar-refractivity contribution in [3.63, 3.8) is 0 Å². The molecule has 0 atom stereocenters. The van der Waals surface area contributed by atoms with Crippen molar-refractivity contribution >= 4 is 55.9 Å². The van der Waals surface area contributed by atoms with Gasteiger partial charge in [0.05, 0.1) is 39.5 Å². The first-order valence-electron chi connectivity index (χ1n) is 35.2. The van der Waals surface area contributed by atoms with Gasteiger partial charge in [-0.3, -0.25) is 0 Å². The lowest BCUT2D eigenvalue weighted by atomic mass is 9.86. The number of nitrogens with zero attached hydrogens (tertiary/aromatic N) is 3. The van der Waals surface area contributed by atoms with E-state index in [0.717, 1.165) is 140 Å². The van der Waals surface area contributed by atoms with E-state index in [1.165, 1.54) is 21.9 Å². The van der Waals surface area contributed by atoms with Crippen LogP contribution in [0, 0.1) is 0 Å². The predicted octanol–water partition coefficient (Wildman–Crippen LogP) is 27.7. The minimum absolute atomic E-state index is 0.119. The first kappa shape index (κ1) is 63.4. The number of para-hydroxylation sites is 4. The lowest BCUT2D eigenvalue weighted by molar-refractivity contribution is 0.590. The summed E-state index contributed by atoms with van der Waals surface area (Å²) in [7, 11) is 0. The van der Waals surface area contributed by atoms with Crippen molar-refractivity contribution in [1.82, 2.24) is 4.57 Å². The normalized spacial score (nSPS) is 11.7. The average Bonchev–Trinajstić information content (AvgIpc) is 1.71. The minimum Gasteiger partial charge on any atom is -0.309 e. The lowest BCUT2D eigenvalue weighted by Gasteiger charge is -2.35. The van der Waals surface area contributed by atoms with Gasteiger partial charge in [0.2, 0.25) is 0 Å². The molecule has 0 aliphatic heterocycles. The first-order valence-corrected chi connectivity index (χ1v) is 35.2. The van der Waals surface area contributed by atoms with Crippen molar-refractivity contribution in [3.8, 4) is 94.7 Å². The summed E-state index contributed by atoms with van der Waals surface area (Å²) in [5, 5.41) is 2.37. The van der Waals surface area contributed by atoms with Crippen LogP contribution in [0.25, 0.3) is 117 Å². The summed E-state index contributed by atoms with van der Waals surface area (Å²) in [5.41, 5.74) is 29.5. The SMILES string of the molecule is CC(C)(C)c1ccc(N(c2cc(N(c3ccc(C(C)(C)C)cc3)c3c(-c4ccccc4-c4ccccc4)cccc3-c3ccccc3-c3ccccc3)cc(-n3c4ccccc4c4ccccc43)c2)c2c(-c3ccccc3-c3ccccc3)cccc2-c2ccccc2-c2ccccc2)cc1. The Balaban J connectivity index is 1.09. The van der Waals surface area contributed by atoms with Gasteiger partial charge in [-0.15, -0.1) is 0 Å². The van der Waals surface area contributed by atoms with Crippen LogP contribution in [0.5, 0.6) is 0 Å². The molecule has 101 heavy (non-hydrogen) atoms. The number of anilines is 6. The highest BCUT2D eigenvalue weighted by Gasteiger charge is 2.31. The fourth-order valence-electron chi connectivity index (χ4n) is 15.0. The number of hydrogen-bond donors (Lipinski definition) is 0. The van der Waals surface area contributed by atoms with E-state index < -0.39 is 0 Å². The third-order valence-corrected chi connectivity index (χ3v) is 20.0. The zero-order valence-electron chi connectivity index (χ0n) is 58.1. The van der Waals surface area contributed by atoms with E-state index in [-0.39, 0.29) is 10.8 Å². The number of aromatic nitrogens is 1. The highest BCUT2D eigenvalue weighted by atomic mass is 15.2. The van der Waals surface area contributed by atoms with Crippen molar-refractivity contribution < 1.29 is 0 Å². The maximum absolute atomic E-state index is 2.59. The largest absolute Gasteiger partial charge is 0.309 e. The standard InChI is InChI=1S/C98H79N3/c1-97(2,3)72-57-61-74(62-58-72)99(95-89(83-45-23-19-41-79(83)68-33-11-7-12-34-68)51-31-52-90(95)84-46-24-20-42-80(84)69-35-13-8-14-36-69)76-65-77(67-78(66-76)101-93-55-29-27-49-87(93)88-50-28-30-56-94(88)101)100(75-63-59-73(60-64-75)98(4,5)6)96-91(85-47-25-21-43-81(85)70-37-15-9-16-38-70)53-32-54-92(96)86-48-26-22-44-82(86)71-39-17-10-18-40-71/h7-67H,1-6H3. The molecule has 0 bridgehead atoms. The first-order chi connectivity index (χ1) is 49.4. The molecule has 15 aromatic carbocycles. The fraction of sp³-hybridized carbons (Fsp3) is 0.0816. The third kappa shape index (κ3) is 12.2. The molecule has 0 aliphatic carbocycles. The predicted molar refractivity (Wildman–Crippen MR) is 431 cm³/mol. The molecule has 0 amide bonds. The third-order valence-electron chi connectivity index (χ3n) is 20.0. The number of benzene rings is 15. The maximum Gasteiger partial charge on any atom is 0.0618 e. The van der Waals surface area contributed by atoms with Crippen LogP contribution in [0.3, 0.4) is 0 Å². The average molecular weight is 1300 g/mol. The van der Waals surface area contributed by atoms with E-state index in [1.54, 1.807) is 0 Å². The van der Waals surface area contributed by atoms with Crippen LogP contribution >= 0.6 is 0 Å². The van der Waals surface area contributed by atoms with Crippen LogP contribution in [0.1, 0.15) is 52.7 Å². The summed E-state index contributed by atoms with van der Waals surface area (Å²) in [4.78, 5) is 5.18. The van der Waals surface area contributed by atoms with Gasteiger partial charge in [0.15, 0.2) is 0 Å². The smallest absolute Gasteiger partial charge is 0.0618 e. The molecule has 486 valence electrons. The molecular weight excluding hydrogens is 1220 g/mol. The molecule has 1 heterocycles. The van der Waals surface area contributed by atoms with Gasteiger partial charge < -0.3 is 14.4 Å². The van der Waals surface area contributed by atoms with Crippen LogP contribution in [0.2, 0.25) is 0 Å². The van der Waals surface area contributed by atoms with Crippen LogP contribution in [-0.2, 0) is 10.8 Å². The molecule has 1 aromatic heterocycles. The van der Waals surface area contributed by atoms with Crippen molar-refractivity contribution in [1.29, 1.82) is 0 Å². The van der Waals surface area contributed by atoms with Crippen molar-refractivity contribution in [2.45, 2.75) is 52.4 Å². The van der Waals surface area contributed by atoms with Gasteiger partial charge in [0, 0.05) is 44.4 Å². The van der Waals surface area contributed by atoms with Crippen LogP contribution < -0.4 is 9.80 Å². The van der Waals surface area contributed by atoms with Gasteiger partial charge in [0.25, 0.3) is 0 Å². The summed E-state index contributed by atoms with van der Waals surface area (Å²) >= 11 is 0. The zero-order chi connectivity index (χ0) is 68.6. The Bertz CT molecular complexity index is 5090. The molecule has 0 saturated heterocycles. The molecule has 16 rings (SSSR count). The second-order valence-corrected chi connectivity index (χ2v) is 28.4. The summed E-state index contributed by atoms with van der Waals surface area (Å²) < 4.78 is 2.50. The molecule has 0 saturated carbocycles. The molecule has 0 radical (unpaired) electrons. The Morgan fingerprint density at radius 2 is 0.455 bits per heavy atom. The van der Waals surface area contributed by atoms with Gasteiger partial charge in [-0.25, -0.2) is 0 Å². The Hall–Kier alpha value is -12.3. The van der Waals surface area contributed by atoms with E-state index in [1.807, 2.05) is 0 Å². The van der Waals surface area contributed by atoms with Crippen molar-refractivity contribution in [2.75, 3.05) is 9.80 Å². The van der Waals surface area contributed by atoms with Crippen LogP contribution in [0.4, 0.5) is 34.1 Å². The second-order valence-electron chi connectivity index (χ2n) is 28.4. The van der Waals surface area contributed by atoms with E-state index in [4.69, 9.17) is 0 Å². The Morgan fingerprint density at radius 3 is 0.743 bits per heavy atom. The van der Waals surface area contributed by atoms with Gasteiger partial charge in [-0.05, 0) is 143 Å². The van der Waals surface area contributed by atoms with Gasteiger partial charge in [0.1, 0.15) is 0 Å². The fourth-order valence-corrected chi connectivity index (χ4v) is 15.0.